The van der Waals surface area contributed by atoms with Crippen LogP contribution in [0.2, 0.25) is 0 Å². The van der Waals surface area contributed by atoms with E-state index in [1.54, 1.807) is 11.3 Å². The van der Waals surface area contributed by atoms with Crippen LogP contribution in [0.5, 0.6) is 0 Å². The number of aryl methyl sites for hydroxylation is 1. The summed E-state index contributed by atoms with van der Waals surface area (Å²) in [6.07, 6.45) is 12.3. The summed E-state index contributed by atoms with van der Waals surface area (Å²) in [6, 6.07) is 0. The van der Waals surface area contributed by atoms with Crippen LogP contribution in [0.3, 0.4) is 0 Å². The van der Waals surface area contributed by atoms with E-state index in [0.717, 1.165) is 24.8 Å². The van der Waals surface area contributed by atoms with Crippen molar-refractivity contribution in [3.05, 3.63) is 21.4 Å². The highest BCUT2D eigenvalue weighted by Gasteiger charge is 2.16. The maximum absolute atomic E-state index is 11.2. The first-order valence-electron chi connectivity index (χ1n) is 7.11. The van der Waals surface area contributed by atoms with Crippen LogP contribution < -0.4 is 0 Å². The lowest BCUT2D eigenvalue weighted by atomic mass is 9.98. The average Bonchev–Trinajstić information content (AvgIpc) is 2.72. The van der Waals surface area contributed by atoms with Crippen molar-refractivity contribution in [3.8, 4) is 0 Å². The van der Waals surface area contributed by atoms with Gasteiger partial charge in [-0.1, -0.05) is 38.5 Å². The van der Waals surface area contributed by atoms with Gasteiger partial charge in [0.05, 0.1) is 5.56 Å². The molecule has 3 heteroatoms. The van der Waals surface area contributed by atoms with Gasteiger partial charge in [0.25, 0.3) is 0 Å². The SMILES string of the molecule is O=C(O)c1csc2c1CCCCCCCCCC2. The molecule has 0 aromatic carbocycles. The second kappa shape index (κ2) is 6.93. The maximum atomic E-state index is 11.2. The Morgan fingerprint density at radius 2 is 1.50 bits per heavy atom. The number of carboxylic acid groups (broad SMARTS) is 1. The van der Waals surface area contributed by atoms with E-state index in [4.69, 9.17) is 0 Å². The van der Waals surface area contributed by atoms with Crippen molar-refractivity contribution in [3.63, 3.8) is 0 Å². The van der Waals surface area contributed by atoms with E-state index in [9.17, 15) is 9.90 Å². The summed E-state index contributed by atoms with van der Waals surface area (Å²) < 4.78 is 0. The molecule has 0 bridgehead atoms. The van der Waals surface area contributed by atoms with E-state index < -0.39 is 5.97 Å². The highest BCUT2D eigenvalue weighted by atomic mass is 32.1. The van der Waals surface area contributed by atoms with Crippen LogP contribution in [0.4, 0.5) is 0 Å². The minimum atomic E-state index is -0.750. The van der Waals surface area contributed by atoms with Crippen LogP contribution in [0, 0.1) is 0 Å². The van der Waals surface area contributed by atoms with E-state index in [2.05, 4.69) is 0 Å². The van der Waals surface area contributed by atoms with Crippen LogP contribution >= 0.6 is 11.3 Å². The number of hydrogen-bond donors (Lipinski definition) is 1. The van der Waals surface area contributed by atoms with Crippen molar-refractivity contribution >= 4 is 17.3 Å². The summed E-state index contributed by atoms with van der Waals surface area (Å²) in [5.41, 5.74) is 1.69. The Balaban J connectivity index is 2.11. The lowest BCUT2D eigenvalue weighted by Crippen LogP contribution is -2.02. The molecule has 0 radical (unpaired) electrons. The molecule has 1 N–H and O–H groups in total. The first-order valence-corrected chi connectivity index (χ1v) is 7.99. The topological polar surface area (TPSA) is 37.3 Å². The molecule has 0 saturated heterocycles. The zero-order valence-corrected chi connectivity index (χ0v) is 11.7. The number of hydrogen-bond acceptors (Lipinski definition) is 2. The molecule has 0 aliphatic heterocycles. The molecule has 0 amide bonds. The maximum Gasteiger partial charge on any atom is 0.336 e. The molecule has 0 fully saturated rings. The second-order valence-electron chi connectivity index (χ2n) is 5.18. The third kappa shape index (κ3) is 3.58. The molecule has 1 aliphatic carbocycles. The number of rotatable bonds is 1. The van der Waals surface area contributed by atoms with Gasteiger partial charge in [0.15, 0.2) is 0 Å². The second-order valence-corrected chi connectivity index (χ2v) is 6.15. The molecule has 2 rings (SSSR count). The molecular weight excluding hydrogens is 244 g/mol. The third-order valence-electron chi connectivity index (χ3n) is 3.79. The highest BCUT2D eigenvalue weighted by Crippen LogP contribution is 2.27. The normalized spacial score (nSPS) is 18.4. The Morgan fingerprint density at radius 3 is 2.11 bits per heavy atom. The number of thiophene rings is 1. The molecule has 0 spiro atoms. The molecular formula is C15H22O2S. The number of fused-ring (bicyclic) bond motifs is 1. The quantitative estimate of drug-likeness (QED) is 0.802. The minimum Gasteiger partial charge on any atom is -0.478 e. The van der Waals surface area contributed by atoms with E-state index >= 15 is 0 Å². The van der Waals surface area contributed by atoms with Crippen molar-refractivity contribution in [1.82, 2.24) is 0 Å². The first kappa shape index (κ1) is 13.6. The molecule has 1 aromatic heterocycles. The molecule has 1 aromatic rings. The van der Waals surface area contributed by atoms with Gasteiger partial charge in [0, 0.05) is 10.3 Å². The van der Waals surface area contributed by atoms with Crippen LogP contribution in [-0.2, 0) is 12.8 Å². The van der Waals surface area contributed by atoms with E-state index in [1.807, 2.05) is 5.38 Å². The van der Waals surface area contributed by atoms with E-state index in [1.165, 1.54) is 49.8 Å². The van der Waals surface area contributed by atoms with Gasteiger partial charge in [0.2, 0.25) is 0 Å². The van der Waals surface area contributed by atoms with Crippen molar-refractivity contribution in [2.75, 3.05) is 0 Å². The monoisotopic (exact) mass is 266 g/mol. The summed E-state index contributed by atoms with van der Waals surface area (Å²) in [5.74, 6) is -0.750. The largest absolute Gasteiger partial charge is 0.478 e. The van der Waals surface area contributed by atoms with E-state index in [0.29, 0.717) is 5.56 Å². The minimum absolute atomic E-state index is 0.562. The Kier molecular flexibility index (Phi) is 5.24. The summed E-state index contributed by atoms with van der Waals surface area (Å²) in [4.78, 5) is 12.5. The summed E-state index contributed by atoms with van der Waals surface area (Å²) in [7, 11) is 0. The predicted octanol–water partition coefficient (Wildman–Crippen LogP) is 4.67. The average molecular weight is 266 g/mol. The van der Waals surface area contributed by atoms with Crippen LogP contribution in [-0.4, -0.2) is 11.1 Å². The first-order chi connectivity index (χ1) is 8.79. The van der Waals surface area contributed by atoms with Crippen LogP contribution in [0.1, 0.15) is 72.2 Å². The molecule has 2 nitrogen and oxygen atoms in total. The van der Waals surface area contributed by atoms with Crippen LogP contribution in [0.25, 0.3) is 0 Å². The fourth-order valence-electron chi connectivity index (χ4n) is 2.73. The fraction of sp³-hybridized carbons (Fsp3) is 0.667. The fourth-order valence-corrected chi connectivity index (χ4v) is 3.85. The summed E-state index contributed by atoms with van der Waals surface area (Å²) >= 11 is 1.65. The van der Waals surface area contributed by atoms with Gasteiger partial charge in [-0.2, -0.15) is 0 Å². The van der Waals surface area contributed by atoms with Crippen molar-refractivity contribution in [2.24, 2.45) is 0 Å². The van der Waals surface area contributed by atoms with Crippen molar-refractivity contribution in [1.29, 1.82) is 0 Å². The molecule has 0 unspecified atom stereocenters. The molecule has 18 heavy (non-hydrogen) atoms. The van der Waals surface area contributed by atoms with Gasteiger partial charge in [-0.15, -0.1) is 11.3 Å². The summed E-state index contributed by atoms with van der Waals surface area (Å²) in [6.45, 7) is 0. The van der Waals surface area contributed by atoms with Gasteiger partial charge < -0.3 is 5.11 Å². The molecule has 0 saturated carbocycles. The van der Waals surface area contributed by atoms with Crippen molar-refractivity contribution in [2.45, 2.75) is 64.2 Å². The molecule has 1 heterocycles. The Hall–Kier alpha value is -0.830. The Labute approximate surface area is 113 Å². The Morgan fingerprint density at radius 1 is 0.944 bits per heavy atom. The smallest absolute Gasteiger partial charge is 0.336 e. The van der Waals surface area contributed by atoms with Gasteiger partial charge in [-0.3, -0.25) is 0 Å². The number of aromatic carboxylic acids is 1. The standard InChI is InChI=1S/C15H22O2S/c16-15(17)13-11-18-14-10-8-6-4-2-1-3-5-7-9-12(13)14/h11H,1-10H2,(H,16,17). The lowest BCUT2D eigenvalue weighted by molar-refractivity contribution is 0.0696. The van der Waals surface area contributed by atoms with Gasteiger partial charge in [0.1, 0.15) is 0 Å². The number of carboxylic acids is 1. The third-order valence-corrected chi connectivity index (χ3v) is 4.88. The molecule has 100 valence electrons. The zero-order valence-electron chi connectivity index (χ0n) is 10.9. The van der Waals surface area contributed by atoms with Gasteiger partial charge >= 0.3 is 5.97 Å². The number of carbonyl (C=O) groups is 1. The van der Waals surface area contributed by atoms with Crippen molar-refractivity contribution < 1.29 is 9.90 Å². The van der Waals surface area contributed by atoms with Gasteiger partial charge in [-0.05, 0) is 31.2 Å². The lowest BCUT2D eigenvalue weighted by Gasteiger charge is -2.08. The van der Waals surface area contributed by atoms with Gasteiger partial charge in [-0.25, -0.2) is 4.79 Å². The summed E-state index contributed by atoms with van der Waals surface area (Å²) in [5, 5.41) is 11.1. The molecule has 0 atom stereocenters. The Bertz CT molecular complexity index is 395. The highest BCUT2D eigenvalue weighted by molar-refractivity contribution is 7.10. The predicted molar refractivity (Wildman–Crippen MR) is 75.6 cm³/mol. The zero-order chi connectivity index (χ0) is 12.8. The molecule has 1 aliphatic rings. The van der Waals surface area contributed by atoms with Crippen LogP contribution in [0.15, 0.2) is 5.38 Å². The van der Waals surface area contributed by atoms with E-state index in [-0.39, 0.29) is 0 Å².